The molecule has 0 saturated carbocycles. The van der Waals surface area contributed by atoms with Crippen molar-refractivity contribution in [3.8, 4) is 6.07 Å². The minimum absolute atomic E-state index is 0.0293. The Kier molecular flexibility index (Phi) is 5.85. The molecule has 0 aliphatic rings. The third-order valence-corrected chi connectivity index (χ3v) is 4.13. The predicted molar refractivity (Wildman–Crippen MR) is 108 cm³/mol. The second-order valence-electron chi connectivity index (χ2n) is 6.14. The van der Waals surface area contributed by atoms with Crippen LogP contribution in [0.5, 0.6) is 0 Å². The SMILES string of the molecule is C/C(O)=C(/C=Nc1cc(C#N)c2ccccn2c1=O)C(=O)OCc1ccccc1. The molecule has 0 bridgehead atoms. The van der Waals surface area contributed by atoms with E-state index in [0.29, 0.717) is 5.52 Å². The minimum atomic E-state index is -0.779. The van der Waals surface area contributed by atoms with Crippen LogP contribution in [0.2, 0.25) is 0 Å². The molecule has 0 unspecified atom stereocenters. The zero-order valence-electron chi connectivity index (χ0n) is 15.6. The van der Waals surface area contributed by atoms with Gasteiger partial charge in [0.25, 0.3) is 5.56 Å². The molecular weight excluding hydrogens is 370 g/mol. The number of esters is 1. The first-order valence-corrected chi connectivity index (χ1v) is 8.70. The molecule has 1 N–H and O–H groups in total. The van der Waals surface area contributed by atoms with Gasteiger partial charge in [0.05, 0.1) is 11.1 Å². The first-order valence-electron chi connectivity index (χ1n) is 8.70. The monoisotopic (exact) mass is 387 g/mol. The third-order valence-electron chi connectivity index (χ3n) is 4.13. The van der Waals surface area contributed by atoms with E-state index in [9.17, 15) is 20.0 Å². The Bertz CT molecular complexity index is 1210. The summed E-state index contributed by atoms with van der Waals surface area (Å²) in [6, 6.07) is 17.5. The lowest BCUT2D eigenvalue weighted by Gasteiger charge is -2.07. The molecule has 0 aliphatic carbocycles. The van der Waals surface area contributed by atoms with Gasteiger partial charge in [0.15, 0.2) is 0 Å². The number of fused-ring (bicyclic) bond motifs is 1. The van der Waals surface area contributed by atoms with E-state index in [1.54, 1.807) is 30.3 Å². The zero-order chi connectivity index (χ0) is 20.8. The van der Waals surface area contributed by atoms with Crippen molar-refractivity contribution in [1.82, 2.24) is 4.40 Å². The number of aliphatic hydroxyl groups excluding tert-OH is 1. The van der Waals surface area contributed by atoms with Gasteiger partial charge in [-0.15, -0.1) is 0 Å². The van der Waals surface area contributed by atoms with Crippen LogP contribution in [-0.2, 0) is 16.1 Å². The number of ether oxygens (including phenoxy) is 1. The van der Waals surface area contributed by atoms with E-state index in [1.807, 2.05) is 24.3 Å². The van der Waals surface area contributed by atoms with Gasteiger partial charge in [-0.05, 0) is 30.7 Å². The normalized spacial score (nSPS) is 11.9. The van der Waals surface area contributed by atoms with E-state index in [0.717, 1.165) is 11.8 Å². The maximum Gasteiger partial charge on any atom is 0.343 e. The predicted octanol–water partition coefficient (Wildman–Crippen LogP) is 3.45. The molecule has 1 aromatic carbocycles. The van der Waals surface area contributed by atoms with Gasteiger partial charge in [0.2, 0.25) is 0 Å². The Morgan fingerprint density at radius 3 is 2.66 bits per heavy atom. The number of carbonyl (C=O) groups is 1. The summed E-state index contributed by atoms with van der Waals surface area (Å²) in [4.78, 5) is 29.0. The van der Waals surface area contributed by atoms with Crippen LogP contribution in [0.1, 0.15) is 18.1 Å². The Morgan fingerprint density at radius 1 is 1.24 bits per heavy atom. The molecule has 0 aliphatic heterocycles. The molecule has 0 spiro atoms. The largest absolute Gasteiger partial charge is 0.512 e. The summed E-state index contributed by atoms with van der Waals surface area (Å²) in [5, 5.41) is 19.2. The van der Waals surface area contributed by atoms with Gasteiger partial charge in [0, 0.05) is 12.4 Å². The van der Waals surface area contributed by atoms with Crippen molar-refractivity contribution in [3.63, 3.8) is 0 Å². The van der Waals surface area contributed by atoms with Gasteiger partial charge in [-0.3, -0.25) is 9.20 Å². The van der Waals surface area contributed by atoms with Gasteiger partial charge in [0.1, 0.15) is 29.7 Å². The van der Waals surface area contributed by atoms with Gasteiger partial charge >= 0.3 is 5.97 Å². The van der Waals surface area contributed by atoms with Crippen LogP contribution in [0.4, 0.5) is 5.69 Å². The molecule has 0 radical (unpaired) electrons. The smallest absolute Gasteiger partial charge is 0.343 e. The molecule has 3 rings (SSSR count). The number of nitriles is 1. The molecule has 144 valence electrons. The molecule has 2 aromatic heterocycles. The second-order valence-corrected chi connectivity index (χ2v) is 6.14. The van der Waals surface area contributed by atoms with E-state index in [4.69, 9.17) is 4.74 Å². The summed E-state index contributed by atoms with van der Waals surface area (Å²) in [7, 11) is 0. The molecule has 3 aromatic rings. The van der Waals surface area contributed by atoms with Crippen LogP contribution in [-0.4, -0.2) is 21.7 Å². The molecule has 2 heterocycles. The Balaban J connectivity index is 1.89. The first kappa shape index (κ1) is 19.6. The third kappa shape index (κ3) is 4.39. The van der Waals surface area contributed by atoms with Gasteiger partial charge in [-0.1, -0.05) is 36.4 Å². The highest BCUT2D eigenvalue weighted by atomic mass is 16.5. The van der Waals surface area contributed by atoms with Crippen molar-refractivity contribution in [2.24, 2.45) is 4.99 Å². The van der Waals surface area contributed by atoms with Gasteiger partial charge in [-0.2, -0.15) is 5.26 Å². The molecule has 29 heavy (non-hydrogen) atoms. The van der Waals surface area contributed by atoms with E-state index >= 15 is 0 Å². The van der Waals surface area contributed by atoms with Crippen molar-refractivity contribution in [1.29, 1.82) is 5.26 Å². The molecule has 0 atom stereocenters. The van der Waals surface area contributed by atoms with E-state index < -0.39 is 11.5 Å². The fourth-order valence-electron chi connectivity index (χ4n) is 2.65. The topological polar surface area (TPSA) is 104 Å². The lowest BCUT2D eigenvalue weighted by atomic mass is 10.2. The van der Waals surface area contributed by atoms with Crippen molar-refractivity contribution < 1.29 is 14.6 Å². The van der Waals surface area contributed by atoms with Crippen molar-refractivity contribution in [2.75, 3.05) is 0 Å². The average molecular weight is 387 g/mol. The van der Waals surface area contributed by atoms with Crippen LogP contribution in [0.3, 0.4) is 0 Å². The van der Waals surface area contributed by atoms with Crippen molar-refractivity contribution >= 4 is 23.4 Å². The Morgan fingerprint density at radius 2 is 1.97 bits per heavy atom. The molecule has 0 saturated heterocycles. The standard InChI is InChI=1S/C22H17N3O4/c1-15(26)18(22(28)29-14-16-7-3-2-4-8-16)13-24-19-11-17(12-23)20-9-5-6-10-25(20)21(19)27/h2-11,13,26H,14H2,1H3/b18-15+,24-13?. The number of rotatable bonds is 5. The lowest BCUT2D eigenvalue weighted by Crippen LogP contribution is -2.14. The second kappa shape index (κ2) is 8.67. The summed E-state index contributed by atoms with van der Waals surface area (Å²) >= 11 is 0. The summed E-state index contributed by atoms with van der Waals surface area (Å²) in [6.07, 6.45) is 2.59. The highest BCUT2D eigenvalue weighted by Crippen LogP contribution is 2.15. The number of aromatic nitrogens is 1. The fraction of sp³-hybridized carbons (Fsp3) is 0.0909. The summed E-state index contributed by atoms with van der Waals surface area (Å²) < 4.78 is 6.50. The minimum Gasteiger partial charge on any atom is -0.512 e. The quantitative estimate of drug-likeness (QED) is 0.312. The number of benzene rings is 1. The number of nitrogens with zero attached hydrogens (tertiary/aromatic N) is 3. The number of aliphatic hydroxyl groups is 1. The maximum atomic E-state index is 12.6. The number of allylic oxidation sites excluding steroid dienone is 1. The maximum absolute atomic E-state index is 12.6. The zero-order valence-corrected chi connectivity index (χ0v) is 15.6. The Labute approximate surface area is 166 Å². The molecule has 0 fully saturated rings. The number of pyridine rings is 2. The molecule has 7 nitrogen and oxygen atoms in total. The highest BCUT2D eigenvalue weighted by molar-refractivity contribution is 6.10. The molecular formula is C22H17N3O4. The summed E-state index contributed by atoms with van der Waals surface area (Å²) in [5.74, 6) is -1.08. The van der Waals surface area contributed by atoms with Gasteiger partial charge < -0.3 is 9.84 Å². The number of hydrogen-bond acceptors (Lipinski definition) is 6. The van der Waals surface area contributed by atoms with E-state index in [-0.39, 0.29) is 29.2 Å². The highest BCUT2D eigenvalue weighted by Gasteiger charge is 2.14. The van der Waals surface area contributed by atoms with Crippen molar-refractivity contribution in [3.05, 3.63) is 93.6 Å². The number of hydrogen-bond donors (Lipinski definition) is 1. The molecule has 7 heteroatoms. The summed E-state index contributed by atoms with van der Waals surface area (Å²) in [6.45, 7) is 1.35. The fourth-order valence-corrected chi connectivity index (χ4v) is 2.65. The van der Waals surface area contributed by atoms with Crippen molar-refractivity contribution in [2.45, 2.75) is 13.5 Å². The van der Waals surface area contributed by atoms with Crippen LogP contribution in [0.25, 0.3) is 5.52 Å². The molecule has 0 amide bonds. The first-order chi connectivity index (χ1) is 14.0. The Hall–Kier alpha value is -4.18. The summed E-state index contributed by atoms with van der Waals surface area (Å²) in [5.41, 5.74) is 0.824. The number of aliphatic imine (C=N–C) groups is 1. The van der Waals surface area contributed by atoms with Crippen LogP contribution in [0, 0.1) is 11.3 Å². The van der Waals surface area contributed by atoms with Crippen LogP contribution in [0.15, 0.2) is 81.9 Å². The van der Waals surface area contributed by atoms with Crippen LogP contribution >= 0.6 is 0 Å². The van der Waals surface area contributed by atoms with Crippen LogP contribution < -0.4 is 5.56 Å². The average Bonchev–Trinajstić information content (AvgIpc) is 2.74. The lowest BCUT2D eigenvalue weighted by molar-refractivity contribution is -0.139. The van der Waals surface area contributed by atoms with E-state index in [1.165, 1.54) is 23.6 Å². The van der Waals surface area contributed by atoms with Gasteiger partial charge in [-0.25, -0.2) is 9.79 Å². The van der Waals surface area contributed by atoms with E-state index in [2.05, 4.69) is 4.99 Å². The number of carbonyl (C=O) groups excluding carboxylic acids is 1.